The van der Waals surface area contributed by atoms with Crippen molar-refractivity contribution >= 4 is 11.4 Å². The van der Waals surface area contributed by atoms with E-state index in [1.807, 2.05) is 0 Å². The maximum Gasteiger partial charge on any atom is 0.311 e. The predicted octanol–water partition coefficient (Wildman–Crippen LogP) is 3.98. The summed E-state index contributed by atoms with van der Waals surface area (Å²) in [4.78, 5) is 10.4. The predicted molar refractivity (Wildman–Crippen MR) is 79.3 cm³/mol. The van der Waals surface area contributed by atoms with Gasteiger partial charge in [0, 0.05) is 23.9 Å². The highest BCUT2D eigenvalue weighted by molar-refractivity contribution is 5.58. The summed E-state index contributed by atoms with van der Waals surface area (Å²) in [6.45, 7) is 4.58. The summed E-state index contributed by atoms with van der Waals surface area (Å²) < 4.78 is 5.10. The van der Waals surface area contributed by atoms with Gasteiger partial charge in [-0.3, -0.25) is 10.1 Å². The smallest absolute Gasteiger partial charge is 0.311 e. The molecule has 0 saturated heterocycles. The van der Waals surface area contributed by atoms with Crippen molar-refractivity contribution in [3.8, 4) is 5.75 Å². The molecule has 5 nitrogen and oxygen atoms in total. The lowest BCUT2D eigenvalue weighted by molar-refractivity contribution is -0.385. The van der Waals surface area contributed by atoms with Crippen molar-refractivity contribution in [2.24, 2.45) is 5.41 Å². The lowest BCUT2D eigenvalue weighted by Crippen LogP contribution is -2.31. The van der Waals surface area contributed by atoms with Gasteiger partial charge in [-0.15, -0.1) is 0 Å². The number of nitrogens with one attached hydrogen (secondary N) is 1. The number of methoxy groups -OCH3 is 1. The number of benzene rings is 1. The van der Waals surface area contributed by atoms with E-state index in [1.165, 1.54) is 26.0 Å². The Kier molecular flexibility index (Phi) is 4.16. The van der Waals surface area contributed by atoms with Crippen LogP contribution in [0.4, 0.5) is 11.4 Å². The second-order valence-corrected chi connectivity index (χ2v) is 6.25. The zero-order valence-electron chi connectivity index (χ0n) is 12.3. The van der Waals surface area contributed by atoms with Crippen molar-refractivity contribution in [3.05, 3.63) is 28.3 Å². The van der Waals surface area contributed by atoms with Crippen LogP contribution in [-0.4, -0.2) is 18.1 Å². The first-order chi connectivity index (χ1) is 9.41. The summed E-state index contributed by atoms with van der Waals surface area (Å²) in [5.41, 5.74) is 1.25. The summed E-state index contributed by atoms with van der Waals surface area (Å²) >= 11 is 0. The van der Waals surface area contributed by atoms with E-state index < -0.39 is 4.92 Å². The number of hydrogen-bond donors (Lipinski definition) is 1. The van der Waals surface area contributed by atoms with E-state index in [0.29, 0.717) is 17.2 Å². The Hall–Kier alpha value is -1.78. The monoisotopic (exact) mass is 278 g/mol. The van der Waals surface area contributed by atoms with Crippen molar-refractivity contribution in [3.63, 3.8) is 0 Å². The first-order valence-corrected chi connectivity index (χ1v) is 7.00. The van der Waals surface area contributed by atoms with E-state index >= 15 is 0 Å². The van der Waals surface area contributed by atoms with E-state index in [1.54, 1.807) is 12.1 Å². The third kappa shape index (κ3) is 3.40. The van der Waals surface area contributed by atoms with Crippen LogP contribution in [0.2, 0.25) is 0 Å². The normalized spacial score (nSPS) is 21.2. The van der Waals surface area contributed by atoms with Crippen LogP contribution in [0.5, 0.6) is 5.75 Å². The van der Waals surface area contributed by atoms with Gasteiger partial charge in [0.25, 0.3) is 0 Å². The van der Waals surface area contributed by atoms with Crippen molar-refractivity contribution in [1.82, 2.24) is 0 Å². The molecule has 1 atom stereocenters. The highest BCUT2D eigenvalue weighted by Gasteiger charge is 2.28. The van der Waals surface area contributed by atoms with Gasteiger partial charge in [-0.05, 0) is 30.7 Å². The van der Waals surface area contributed by atoms with Gasteiger partial charge in [-0.25, -0.2) is 0 Å². The quantitative estimate of drug-likeness (QED) is 0.668. The summed E-state index contributed by atoms with van der Waals surface area (Å²) in [5, 5.41) is 14.3. The molecule has 1 aliphatic carbocycles. The van der Waals surface area contributed by atoms with E-state index in [0.717, 1.165) is 18.5 Å². The Morgan fingerprint density at radius 3 is 2.80 bits per heavy atom. The molecule has 20 heavy (non-hydrogen) atoms. The molecule has 1 aromatic rings. The molecule has 0 aromatic heterocycles. The van der Waals surface area contributed by atoms with Gasteiger partial charge in [-0.2, -0.15) is 0 Å². The molecule has 0 amide bonds. The molecular weight excluding hydrogens is 256 g/mol. The molecule has 1 aromatic carbocycles. The minimum absolute atomic E-state index is 0.00187. The molecule has 0 bridgehead atoms. The van der Waals surface area contributed by atoms with Crippen LogP contribution in [0.15, 0.2) is 18.2 Å². The summed E-state index contributed by atoms with van der Waals surface area (Å²) in [6.07, 6.45) is 4.73. The number of nitro benzene ring substituents is 1. The van der Waals surface area contributed by atoms with Crippen LogP contribution < -0.4 is 10.1 Å². The number of rotatable bonds is 4. The van der Waals surface area contributed by atoms with Crippen LogP contribution in [0.1, 0.15) is 39.5 Å². The Balaban J connectivity index is 2.12. The van der Waals surface area contributed by atoms with Crippen LogP contribution in [0.3, 0.4) is 0 Å². The maximum atomic E-state index is 10.9. The molecule has 1 N–H and O–H groups in total. The number of nitro groups is 1. The fraction of sp³-hybridized carbons (Fsp3) is 0.600. The topological polar surface area (TPSA) is 64.4 Å². The minimum atomic E-state index is -0.424. The van der Waals surface area contributed by atoms with Crippen molar-refractivity contribution in [2.45, 2.75) is 45.6 Å². The molecule has 0 aliphatic heterocycles. The average Bonchev–Trinajstić information content (AvgIpc) is 2.37. The number of anilines is 1. The molecule has 1 aliphatic rings. The second kappa shape index (κ2) is 5.69. The third-order valence-corrected chi connectivity index (χ3v) is 3.95. The fourth-order valence-corrected chi connectivity index (χ4v) is 2.98. The average molecular weight is 278 g/mol. The SMILES string of the molecule is COc1cc(NC2CCCC(C)(C)C2)ccc1[N+](=O)[O-]. The van der Waals surface area contributed by atoms with E-state index in [4.69, 9.17) is 4.74 Å². The molecule has 1 unspecified atom stereocenters. The van der Waals surface area contributed by atoms with Crippen molar-refractivity contribution in [1.29, 1.82) is 0 Å². The standard InChI is InChI=1S/C15H22N2O3/c1-15(2)8-4-5-12(10-15)16-11-6-7-13(17(18)19)14(9-11)20-3/h6-7,9,12,16H,4-5,8,10H2,1-3H3. The van der Waals surface area contributed by atoms with Gasteiger partial charge < -0.3 is 10.1 Å². The number of ether oxygens (including phenoxy) is 1. The highest BCUT2D eigenvalue weighted by atomic mass is 16.6. The maximum absolute atomic E-state index is 10.9. The Labute approximate surface area is 119 Å². The fourth-order valence-electron chi connectivity index (χ4n) is 2.98. The van der Waals surface area contributed by atoms with Gasteiger partial charge in [0.2, 0.25) is 0 Å². The second-order valence-electron chi connectivity index (χ2n) is 6.25. The van der Waals surface area contributed by atoms with Gasteiger partial charge >= 0.3 is 5.69 Å². The molecule has 0 heterocycles. The van der Waals surface area contributed by atoms with Gasteiger partial charge in [0.15, 0.2) is 5.75 Å². The largest absolute Gasteiger partial charge is 0.490 e. The van der Waals surface area contributed by atoms with Crippen LogP contribution in [0.25, 0.3) is 0 Å². The summed E-state index contributed by atoms with van der Waals surface area (Å²) in [6, 6.07) is 5.38. The summed E-state index contributed by atoms with van der Waals surface area (Å²) in [5.74, 6) is 0.301. The third-order valence-electron chi connectivity index (χ3n) is 3.95. The Morgan fingerprint density at radius 1 is 1.45 bits per heavy atom. The minimum Gasteiger partial charge on any atom is -0.490 e. The summed E-state index contributed by atoms with van der Waals surface area (Å²) in [7, 11) is 1.45. The van der Waals surface area contributed by atoms with E-state index in [-0.39, 0.29) is 5.69 Å². The highest BCUT2D eigenvalue weighted by Crippen LogP contribution is 2.37. The van der Waals surface area contributed by atoms with Crippen molar-refractivity contribution in [2.75, 3.05) is 12.4 Å². The molecule has 2 rings (SSSR count). The molecular formula is C15H22N2O3. The van der Waals surface area contributed by atoms with Crippen LogP contribution >= 0.6 is 0 Å². The van der Waals surface area contributed by atoms with Gasteiger partial charge in [-0.1, -0.05) is 20.3 Å². The zero-order valence-corrected chi connectivity index (χ0v) is 12.3. The molecule has 1 fully saturated rings. The van der Waals surface area contributed by atoms with E-state index in [9.17, 15) is 10.1 Å². The molecule has 0 spiro atoms. The first-order valence-electron chi connectivity index (χ1n) is 7.00. The number of hydrogen-bond acceptors (Lipinski definition) is 4. The van der Waals surface area contributed by atoms with Crippen LogP contribution in [0, 0.1) is 15.5 Å². The Bertz CT molecular complexity index is 500. The van der Waals surface area contributed by atoms with E-state index in [2.05, 4.69) is 19.2 Å². The number of nitrogens with zero attached hydrogens (tertiary/aromatic N) is 1. The van der Waals surface area contributed by atoms with Crippen LogP contribution in [-0.2, 0) is 0 Å². The molecule has 0 radical (unpaired) electrons. The molecule has 5 heteroatoms. The zero-order chi connectivity index (χ0) is 14.8. The van der Waals surface area contributed by atoms with Gasteiger partial charge in [0.05, 0.1) is 12.0 Å². The lowest BCUT2D eigenvalue weighted by atomic mass is 9.75. The first kappa shape index (κ1) is 14.6. The lowest BCUT2D eigenvalue weighted by Gasteiger charge is -2.36. The molecule has 110 valence electrons. The molecule has 1 saturated carbocycles. The van der Waals surface area contributed by atoms with Crippen molar-refractivity contribution < 1.29 is 9.66 Å². The van der Waals surface area contributed by atoms with Gasteiger partial charge in [0.1, 0.15) is 0 Å². The Morgan fingerprint density at radius 2 is 2.20 bits per heavy atom.